The maximum Gasteiger partial charge on any atom is 0.416 e. The van der Waals surface area contributed by atoms with Crippen molar-refractivity contribution in [3.05, 3.63) is 48.0 Å². The number of alkyl halides is 3. The average Bonchev–Trinajstić information content (AvgIpc) is 2.90. The van der Waals surface area contributed by atoms with E-state index in [9.17, 15) is 21.6 Å². The van der Waals surface area contributed by atoms with Crippen molar-refractivity contribution in [1.29, 1.82) is 0 Å². The van der Waals surface area contributed by atoms with Gasteiger partial charge in [0.15, 0.2) is 0 Å². The standard InChI is InChI=1S/C12H12F3N3O2S/c1-18(8-11-16-6-7-17-11)21(19,20)10-4-2-9(3-5-10)12(13,14)15/h2-7H,8H2,1H3,(H,16,17). The van der Waals surface area contributed by atoms with Crippen molar-refractivity contribution in [1.82, 2.24) is 14.3 Å². The molecule has 0 aliphatic rings. The lowest BCUT2D eigenvalue weighted by Crippen LogP contribution is -2.27. The average molecular weight is 319 g/mol. The normalized spacial score (nSPS) is 12.8. The van der Waals surface area contributed by atoms with Crippen LogP contribution in [-0.4, -0.2) is 29.7 Å². The number of sulfonamides is 1. The minimum atomic E-state index is -4.50. The molecule has 114 valence electrons. The number of imidazole rings is 1. The van der Waals surface area contributed by atoms with E-state index in [0.717, 1.165) is 28.6 Å². The van der Waals surface area contributed by atoms with E-state index >= 15 is 0 Å². The quantitative estimate of drug-likeness (QED) is 0.940. The molecule has 0 aliphatic heterocycles. The Morgan fingerprint density at radius 2 is 1.86 bits per heavy atom. The molecule has 0 unspecified atom stereocenters. The smallest absolute Gasteiger partial charge is 0.347 e. The van der Waals surface area contributed by atoms with E-state index in [-0.39, 0.29) is 11.4 Å². The van der Waals surface area contributed by atoms with Gasteiger partial charge in [-0.05, 0) is 24.3 Å². The third-order valence-electron chi connectivity index (χ3n) is 2.82. The third-order valence-corrected chi connectivity index (χ3v) is 4.63. The Hall–Kier alpha value is -1.87. The molecule has 1 heterocycles. The molecule has 0 amide bonds. The largest absolute Gasteiger partial charge is 0.416 e. The van der Waals surface area contributed by atoms with Gasteiger partial charge in [0.2, 0.25) is 10.0 Å². The lowest BCUT2D eigenvalue weighted by atomic mass is 10.2. The van der Waals surface area contributed by atoms with Crippen LogP contribution >= 0.6 is 0 Å². The van der Waals surface area contributed by atoms with Gasteiger partial charge in [-0.3, -0.25) is 0 Å². The fourth-order valence-corrected chi connectivity index (χ4v) is 2.81. The Morgan fingerprint density at radius 3 is 2.33 bits per heavy atom. The molecule has 1 aromatic carbocycles. The molecule has 1 aromatic heterocycles. The van der Waals surface area contributed by atoms with Gasteiger partial charge < -0.3 is 4.98 Å². The summed E-state index contributed by atoms with van der Waals surface area (Å²) in [4.78, 5) is 6.45. The van der Waals surface area contributed by atoms with E-state index < -0.39 is 21.8 Å². The molecule has 0 spiro atoms. The summed E-state index contributed by atoms with van der Waals surface area (Å²) < 4.78 is 62.8. The topological polar surface area (TPSA) is 66.1 Å². The van der Waals surface area contributed by atoms with Crippen LogP contribution in [0.5, 0.6) is 0 Å². The Morgan fingerprint density at radius 1 is 1.24 bits per heavy atom. The number of nitrogens with one attached hydrogen (secondary N) is 1. The number of hydrogen-bond acceptors (Lipinski definition) is 3. The summed E-state index contributed by atoms with van der Waals surface area (Å²) in [5.74, 6) is 0.438. The van der Waals surface area contributed by atoms with E-state index in [2.05, 4.69) is 9.97 Å². The van der Waals surface area contributed by atoms with Gasteiger partial charge in [0, 0.05) is 19.4 Å². The minimum absolute atomic E-state index is 0.00362. The van der Waals surface area contributed by atoms with Crippen molar-refractivity contribution in [3.63, 3.8) is 0 Å². The molecule has 0 atom stereocenters. The van der Waals surface area contributed by atoms with Gasteiger partial charge in [-0.1, -0.05) is 0 Å². The highest BCUT2D eigenvalue weighted by molar-refractivity contribution is 7.89. The SMILES string of the molecule is CN(Cc1ncc[nH]1)S(=O)(=O)c1ccc(C(F)(F)F)cc1. The third kappa shape index (κ3) is 3.42. The van der Waals surface area contributed by atoms with Crippen LogP contribution in [0.3, 0.4) is 0 Å². The van der Waals surface area contributed by atoms with Gasteiger partial charge in [0.05, 0.1) is 17.0 Å². The summed E-state index contributed by atoms with van der Waals surface area (Å²) in [6, 6.07) is 3.37. The Kier molecular flexibility index (Phi) is 4.06. The van der Waals surface area contributed by atoms with E-state index in [0.29, 0.717) is 5.82 Å². The molecule has 2 rings (SSSR count). The summed E-state index contributed by atoms with van der Waals surface area (Å²) in [5, 5.41) is 0. The monoisotopic (exact) mass is 319 g/mol. The van der Waals surface area contributed by atoms with E-state index in [1.54, 1.807) is 6.20 Å². The molecule has 0 saturated heterocycles. The first-order chi connectivity index (χ1) is 9.71. The summed E-state index contributed by atoms with van der Waals surface area (Å²) >= 11 is 0. The first kappa shape index (κ1) is 15.5. The molecule has 1 N–H and O–H groups in total. The van der Waals surface area contributed by atoms with Crippen molar-refractivity contribution in [2.45, 2.75) is 17.6 Å². The zero-order valence-corrected chi connectivity index (χ0v) is 11.7. The van der Waals surface area contributed by atoms with Gasteiger partial charge in [-0.25, -0.2) is 13.4 Å². The fraction of sp³-hybridized carbons (Fsp3) is 0.250. The Bertz CT molecular complexity index is 694. The number of halogens is 3. The van der Waals surface area contributed by atoms with E-state index in [1.807, 2.05) is 0 Å². The van der Waals surface area contributed by atoms with E-state index in [1.165, 1.54) is 13.2 Å². The van der Waals surface area contributed by atoms with E-state index in [4.69, 9.17) is 0 Å². The number of nitrogens with zero attached hydrogens (tertiary/aromatic N) is 2. The van der Waals surface area contributed by atoms with Gasteiger partial charge in [-0.2, -0.15) is 17.5 Å². The van der Waals surface area contributed by atoms with Gasteiger partial charge in [-0.15, -0.1) is 0 Å². The molecule has 0 bridgehead atoms. The maximum absolute atomic E-state index is 12.5. The van der Waals surface area contributed by atoms with Crippen LogP contribution < -0.4 is 0 Å². The second-order valence-corrected chi connectivity index (χ2v) is 6.36. The van der Waals surface area contributed by atoms with Crippen LogP contribution in [0.4, 0.5) is 13.2 Å². The zero-order chi connectivity index (χ0) is 15.7. The van der Waals surface area contributed by atoms with Crippen molar-refractivity contribution >= 4 is 10.0 Å². The van der Waals surface area contributed by atoms with Crippen molar-refractivity contribution in [2.24, 2.45) is 0 Å². The van der Waals surface area contributed by atoms with Gasteiger partial charge in [0.1, 0.15) is 5.82 Å². The van der Waals surface area contributed by atoms with Gasteiger partial charge >= 0.3 is 6.18 Å². The van der Waals surface area contributed by atoms with Crippen molar-refractivity contribution < 1.29 is 21.6 Å². The summed E-state index contributed by atoms with van der Waals surface area (Å²) in [6.45, 7) is -0.00362. The zero-order valence-electron chi connectivity index (χ0n) is 10.9. The van der Waals surface area contributed by atoms with Crippen LogP contribution in [0, 0.1) is 0 Å². The molecular formula is C12H12F3N3O2S. The summed E-state index contributed by atoms with van der Waals surface area (Å²) in [6.07, 6.45) is -1.47. The molecule has 2 aromatic rings. The highest BCUT2D eigenvalue weighted by Crippen LogP contribution is 2.30. The van der Waals surface area contributed by atoms with Crippen LogP contribution in [0.2, 0.25) is 0 Å². The molecule has 5 nitrogen and oxygen atoms in total. The molecule has 9 heteroatoms. The lowest BCUT2D eigenvalue weighted by Gasteiger charge is -2.16. The Labute approximate surface area is 119 Å². The summed E-state index contributed by atoms with van der Waals surface area (Å²) in [5.41, 5.74) is -0.893. The van der Waals surface area contributed by atoms with Crippen LogP contribution in [0.25, 0.3) is 0 Å². The Balaban J connectivity index is 2.23. The van der Waals surface area contributed by atoms with Crippen molar-refractivity contribution in [2.75, 3.05) is 7.05 Å². The number of benzene rings is 1. The molecular weight excluding hydrogens is 307 g/mol. The molecule has 21 heavy (non-hydrogen) atoms. The minimum Gasteiger partial charge on any atom is -0.347 e. The second kappa shape index (κ2) is 5.49. The fourth-order valence-electron chi connectivity index (χ4n) is 1.68. The highest BCUT2D eigenvalue weighted by atomic mass is 32.2. The molecule has 0 aliphatic carbocycles. The number of rotatable bonds is 4. The first-order valence-corrected chi connectivity index (χ1v) is 7.27. The number of hydrogen-bond donors (Lipinski definition) is 1. The molecule has 0 saturated carbocycles. The second-order valence-electron chi connectivity index (χ2n) is 4.32. The van der Waals surface area contributed by atoms with Crippen molar-refractivity contribution in [3.8, 4) is 0 Å². The van der Waals surface area contributed by atoms with Crippen LogP contribution in [0.1, 0.15) is 11.4 Å². The van der Waals surface area contributed by atoms with Gasteiger partial charge in [0.25, 0.3) is 0 Å². The first-order valence-electron chi connectivity index (χ1n) is 5.83. The number of aromatic nitrogens is 2. The molecule has 0 radical (unpaired) electrons. The van der Waals surface area contributed by atoms with Crippen LogP contribution in [-0.2, 0) is 22.7 Å². The highest BCUT2D eigenvalue weighted by Gasteiger charge is 2.31. The predicted octanol–water partition coefficient (Wildman–Crippen LogP) is 2.25. The number of aromatic amines is 1. The maximum atomic E-state index is 12.5. The number of H-pyrrole nitrogens is 1. The molecule has 0 fully saturated rings. The summed E-state index contributed by atoms with van der Waals surface area (Å²) in [7, 11) is -2.54. The van der Waals surface area contributed by atoms with Crippen LogP contribution in [0.15, 0.2) is 41.6 Å². The lowest BCUT2D eigenvalue weighted by molar-refractivity contribution is -0.137. The predicted molar refractivity (Wildman–Crippen MR) is 68.7 cm³/mol.